The normalized spacial score (nSPS) is 10.3. The molecule has 2 aromatic rings. The van der Waals surface area contributed by atoms with Gasteiger partial charge in [-0.05, 0) is 38.5 Å². The van der Waals surface area contributed by atoms with Crippen LogP contribution in [0.3, 0.4) is 0 Å². The summed E-state index contributed by atoms with van der Waals surface area (Å²) in [5.41, 5.74) is 2.44. The standard InChI is InChI=1S/C15H16N2O2/c1-4-13-14(7-5-10(2)17-13)19-15-8-6-12(9-16-15)11(3)18/h5-9H,4H2,1-3H3. The predicted molar refractivity (Wildman–Crippen MR) is 72.7 cm³/mol. The van der Waals surface area contributed by atoms with Gasteiger partial charge < -0.3 is 4.74 Å². The molecule has 0 aliphatic heterocycles. The van der Waals surface area contributed by atoms with Crippen LogP contribution in [0.15, 0.2) is 30.5 Å². The molecule has 0 saturated carbocycles. The van der Waals surface area contributed by atoms with E-state index in [1.807, 2.05) is 26.0 Å². The highest BCUT2D eigenvalue weighted by molar-refractivity contribution is 5.93. The minimum absolute atomic E-state index is 0.00898. The largest absolute Gasteiger partial charge is 0.437 e. The highest BCUT2D eigenvalue weighted by Gasteiger charge is 2.07. The molecule has 98 valence electrons. The van der Waals surface area contributed by atoms with Gasteiger partial charge in [-0.3, -0.25) is 9.78 Å². The average Bonchev–Trinajstić information content (AvgIpc) is 2.41. The van der Waals surface area contributed by atoms with Crippen LogP contribution in [0.5, 0.6) is 11.6 Å². The molecular formula is C15H16N2O2. The summed E-state index contributed by atoms with van der Waals surface area (Å²) in [6.45, 7) is 5.49. The molecule has 2 rings (SSSR count). The van der Waals surface area contributed by atoms with E-state index in [0.29, 0.717) is 17.2 Å². The van der Waals surface area contributed by atoms with Crippen molar-refractivity contribution in [1.29, 1.82) is 0 Å². The molecule has 0 saturated heterocycles. The van der Waals surface area contributed by atoms with E-state index in [-0.39, 0.29) is 5.78 Å². The quantitative estimate of drug-likeness (QED) is 0.787. The van der Waals surface area contributed by atoms with E-state index < -0.39 is 0 Å². The van der Waals surface area contributed by atoms with Gasteiger partial charge >= 0.3 is 0 Å². The lowest BCUT2D eigenvalue weighted by molar-refractivity contribution is 0.101. The number of hydrogen-bond acceptors (Lipinski definition) is 4. The number of ether oxygens (including phenoxy) is 1. The lowest BCUT2D eigenvalue weighted by Crippen LogP contribution is -1.98. The first-order valence-corrected chi connectivity index (χ1v) is 6.21. The SMILES string of the molecule is CCc1nc(C)ccc1Oc1ccc(C(C)=O)cn1. The Bertz CT molecular complexity index is 592. The van der Waals surface area contributed by atoms with Gasteiger partial charge in [0.2, 0.25) is 5.88 Å². The smallest absolute Gasteiger partial charge is 0.219 e. The summed E-state index contributed by atoms with van der Waals surface area (Å²) in [6.07, 6.45) is 2.31. The number of carbonyl (C=O) groups excluding carboxylic acids is 1. The second-order valence-corrected chi connectivity index (χ2v) is 4.29. The molecule has 0 fully saturated rings. The number of aromatic nitrogens is 2. The maximum Gasteiger partial charge on any atom is 0.219 e. The van der Waals surface area contributed by atoms with Crippen LogP contribution in [-0.2, 0) is 6.42 Å². The zero-order chi connectivity index (χ0) is 13.8. The first-order valence-electron chi connectivity index (χ1n) is 6.21. The second-order valence-electron chi connectivity index (χ2n) is 4.29. The molecule has 0 amide bonds. The molecule has 0 bridgehead atoms. The fraction of sp³-hybridized carbons (Fsp3) is 0.267. The summed E-state index contributed by atoms with van der Waals surface area (Å²) >= 11 is 0. The van der Waals surface area contributed by atoms with Gasteiger partial charge in [0.1, 0.15) is 0 Å². The third-order valence-corrected chi connectivity index (χ3v) is 2.76. The van der Waals surface area contributed by atoms with E-state index in [0.717, 1.165) is 17.8 Å². The number of ketones is 1. The van der Waals surface area contributed by atoms with Gasteiger partial charge in [-0.15, -0.1) is 0 Å². The second kappa shape index (κ2) is 5.61. The molecule has 0 atom stereocenters. The molecule has 0 spiro atoms. The van der Waals surface area contributed by atoms with Crippen molar-refractivity contribution in [2.75, 3.05) is 0 Å². The minimum atomic E-state index is -0.00898. The molecule has 0 radical (unpaired) electrons. The summed E-state index contributed by atoms with van der Waals surface area (Å²) in [5, 5.41) is 0. The topological polar surface area (TPSA) is 52.1 Å². The van der Waals surface area contributed by atoms with Crippen LogP contribution in [0, 0.1) is 6.92 Å². The number of rotatable bonds is 4. The Morgan fingerprint density at radius 1 is 1.26 bits per heavy atom. The summed E-state index contributed by atoms with van der Waals surface area (Å²) in [4.78, 5) is 19.7. The zero-order valence-electron chi connectivity index (χ0n) is 11.3. The van der Waals surface area contributed by atoms with Crippen molar-refractivity contribution in [3.05, 3.63) is 47.4 Å². The van der Waals surface area contributed by atoms with E-state index in [1.54, 1.807) is 12.1 Å². The van der Waals surface area contributed by atoms with Crippen molar-refractivity contribution in [3.8, 4) is 11.6 Å². The van der Waals surface area contributed by atoms with Gasteiger partial charge in [0.25, 0.3) is 0 Å². The monoisotopic (exact) mass is 256 g/mol. The van der Waals surface area contributed by atoms with Crippen LogP contribution in [0.2, 0.25) is 0 Å². The van der Waals surface area contributed by atoms with Crippen molar-refractivity contribution < 1.29 is 9.53 Å². The highest BCUT2D eigenvalue weighted by atomic mass is 16.5. The Morgan fingerprint density at radius 2 is 2.05 bits per heavy atom. The highest BCUT2D eigenvalue weighted by Crippen LogP contribution is 2.23. The number of carbonyl (C=O) groups is 1. The number of hydrogen-bond donors (Lipinski definition) is 0. The Balaban J connectivity index is 2.23. The summed E-state index contributed by atoms with van der Waals surface area (Å²) < 4.78 is 5.71. The Morgan fingerprint density at radius 3 is 2.63 bits per heavy atom. The first kappa shape index (κ1) is 13.2. The van der Waals surface area contributed by atoms with Crippen LogP contribution in [0.25, 0.3) is 0 Å². The van der Waals surface area contributed by atoms with Crippen LogP contribution in [-0.4, -0.2) is 15.8 Å². The molecule has 0 N–H and O–H groups in total. The minimum Gasteiger partial charge on any atom is -0.437 e. The molecule has 2 aromatic heterocycles. The van der Waals surface area contributed by atoms with E-state index in [4.69, 9.17) is 4.74 Å². The van der Waals surface area contributed by atoms with Gasteiger partial charge in [0, 0.05) is 23.5 Å². The molecule has 0 aliphatic carbocycles. The lowest BCUT2D eigenvalue weighted by Gasteiger charge is -2.09. The molecule has 19 heavy (non-hydrogen) atoms. The number of nitrogens with zero attached hydrogens (tertiary/aromatic N) is 2. The van der Waals surface area contributed by atoms with Crippen molar-refractivity contribution in [3.63, 3.8) is 0 Å². The molecule has 0 aromatic carbocycles. The molecular weight excluding hydrogens is 240 g/mol. The fourth-order valence-electron chi connectivity index (χ4n) is 1.71. The fourth-order valence-corrected chi connectivity index (χ4v) is 1.71. The Kier molecular flexibility index (Phi) is 3.90. The van der Waals surface area contributed by atoms with E-state index in [1.165, 1.54) is 13.1 Å². The number of aryl methyl sites for hydroxylation is 2. The third-order valence-electron chi connectivity index (χ3n) is 2.76. The number of Topliss-reactive ketones (excluding diaryl/α,β-unsaturated/α-hetero) is 1. The Labute approximate surface area is 112 Å². The zero-order valence-corrected chi connectivity index (χ0v) is 11.3. The van der Waals surface area contributed by atoms with Crippen LogP contribution < -0.4 is 4.74 Å². The maximum atomic E-state index is 11.2. The van der Waals surface area contributed by atoms with Crippen LogP contribution in [0.4, 0.5) is 0 Å². The van der Waals surface area contributed by atoms with Gasteiger partial charge in [0.05, 0.1) is 5.69 Å². The predicted octanol–water partition coefficient (Wildman–Crippen LogP) is 3.34. The Hall–Kier alpha value is -2.23. The van der Waals surface area contributed by atoms with Crippen molar-refractivity contribution in [1.82, 2.24) is 9.97 Å². The van der Waals surface area contributed by atoms with Crippen LogP contribution >= 0.6 is 0 Å². The molecule has 0 unspecified atom stereocenters. The van der Waals surface area contributed by atoms with Gasteiger partial charge in [-0.2, -0.15) is 0 Å². The molecule has 4 nitrogen and oxygen atoms in total. The molecule has 0 aliphatic rings. The average molecular weight is 256 g/mol. The van der Waals surface area contributed by atoms with Crippen molar-refractivity contribution >= 4 is 5.78 Å². The summed E-state index contributed by atoms with van der Waals surface area (Å²) in [6, 6.07) is 7.19. The number of pyridine rings is 2. The lowest BCUT2D eigenvalue weighted by atomic mass is 10.2. The van der Waals surface area contributed by atoms with Gasteiger partial charge in [-0.1, -0.05) is 6.92 Å². The van der Waals surface area contributed by atoms with E-state index in [2.05, 4.69) is 9.97 Å². The molecule has 4 heteroatoms. The van der Waals surface area contributed by atoms with Crippen molar-refractivity contribution in [2.45, 2.75) is 27.2 Å². The van der Waals surface area contributed by atoms with E-state index in [9.17, 15) is 4.79 Å². The van der Waals surface area contributed by atoms with Crippen LogP contribution in [0.1, 0.15) is 35.6 Å². The summed E-state index contributed by atoms with van der Waals surface area (Å²) in [5.74, 6) is 1.16. The van der Waals surface area contributed by atoms with Crippen molar-refractivity contribution in [2.24, 2.45) is 0 Å². The first-order chi connectivity index (χ1) is 9.10. The maximum absolute atomic E-state index is 11.2. The third kappa shape index (κ3) is 3.16. The summed E-state index contributed by atoms with van der Waals surface area (Å²) in [7, 11) is 0. The van der Waals surface area contributed by atoms with Gasteiger partial charge in [-0.25, -0.2) is 4.98 Å². The van der Waals surface area contributed by atoms with E-state index >= 15 is 0 Å². The molecule has 2 heterocycles. The van der Waals surface area contributed by atoms with Gasteiger partial charge in [0.15, 0.2) is 11.5 Å².